The molecule has 0 atom stereocenters. The van der Waals surface area contributed by atoms with Crippen LogP contribution in [0.3, 0.4) is 0 Å². The molecule has 0 fully saturated rings. The van der Waals surface area contributed by atoms with E-state index in [1.807, 2.05) is 4.72 Å². The van der Waals surface area contributed by atoms with E-state index in [1.54, 1.807) is 6.92 Å². The Kier molecular flexibility index (Phi) is 9.42. The van der Waals surface area contributed by atoms with Gasteiger partial charge in [-0.05, 0) is 36.8 Å². The van der Waals surface area contributed by atoms with Crippen LogP contribution in [0.15, 0.2) is 42.5 Å². The number of nitrogens with zero attached hydrogens (tertiary/aromatic N) is 1. The third kappa shape index (κ3) is 9.20. The van der Waals surface area contributed by atoms with Crippen molar-refractivity contribution in [1.82, 2.24) is 4.98 Å². The minimum Gasteiger partial charge on any atom is -0.370 e. The number of nitrogens with two attached hydrogens (primary N) is 1. The highest BCUT2D eigenvalue weighted by molar-refractivity contribution is 7.92. The second-order valence-electron chi connectivity index (χ2n) is 6.60. The number of carbonyl (C=O) groups is 1. The molecule has 2 aromatic rings. The molecule has 178 valence electrons. The first-order chi connectivity index (χ1) is 15.2. The van der Waals surface area contributed by atoms with Crippen molar-refractivity contribution < 1.29 is 30.8 Å². The van der Waals surface area contributed by atoms with Crippen LogP contribution in [-0.2, 0) is 27.4 Å². The molecule has 0 saturated heterocycles. The summed E-state index contributed by atoms with van der Waals surface area (Å²) < 4.78 is 74.6. The van der Waals surface area contributed by atoms with Crippen LogP contribution < -0.4 is 15.8 Å². The van der Waals surface area contributed by atoms with E-state index in [0.29, 0.717) is 12.1 Å². The van der Waals surface area contributed by atoms with Crippen molar-refractivity contribution in [3.8, 4) is 12.3 Å². The molecule has 12 heteroatoms. The van der Waals surface area contributed by atoms with Crippen molar-refractivity contribution in [3.05, 3.63) is 65.1 Å². The van der Waals surface area contributed by atoms with Crippen molar-refractivity contribution in [3.63, 3.8) is 0 Å². The van der Waals surface area contributed by atoms with Crippen LogP contribution in [0.4, 0.5) is 29.1 Å². The number of sulfonamides is 1. The highest BCUT2D eigenvalue weighted by Gasteiger charge is 2.32. The Labute approximate surface area is 189 Å². The zero-order chi connectivity index (χ0) is 25.4. The summed E-state index contributed by atoms with van der Waals surface area (Å²) in [6, 6.07) is 6.24. The largest absolute Gasteiger partial charge is 0.433 e. The Balaban J connectivity index is 0.000000361. The summed E-state index contributed by atoms with van der Waals surface area (Å²) >= 11 is 0. The van der Waals surface area contributed by atoms with Gasteiger partial charge in [-0.2, -0.15) is 13.2 Å². The standard InChI is InChI=1S/C13H13FN2O3S.C8H9F3N2/c1-4-10-6-9(5-8(2)13(15)17)7-11(14)12(10)16-20(3,18)19;1-2-12-7-5-3-4-6(13-7)8(9,10)11/h1,6-7,16H,2,5H2,3H3,(H2,15,17);3-5H,2H2,1H3,(H,12,13). The zero-order valence-electron chi connectivity index (χ0n) is 17.8. The Bertz CT molecular complexity index is 1170. The van der Waals surface area contributed by atoms with Gasteiger partial charge in [0.2, 0.25) is 15.9 Å². The van der Waals surface area contributed by atoms with E-state index in [-0.39, 0.29) is 29.1 Å². The third-order valence-electron chi connectivity index (χ3n) is 3.76. The zero-order valence-corrected chi connectivity index (χ0v) is 18.6. The number of nitrogens with one attached hydrogen (secondary N) is 2. The summed E-state index contributed by atoms with van der Waals surface area (Å²) in [4.78, 5) is 14.3. The van der Waals surface area contributed by atoms with Crippen LogP contribution in [-0.4, -0.2) is 32.1 Å². The van der Waals surface area contributed by atoms with E-state index < -0.39 is 33.6 Å². The van der Waals surface area contributed by atoms with Crippen LogP contribution in [0.25, 0.3) is 0 Å². The smallest absolute Gasteiger partial charge is 0.370 e. The Morgan fingerprint density at radius 3 is 2.42 bits per heavy atom. The molecule has 1 heterocycles. The van der Waals surface area contributed by atoms with E-state index in [1.165, 1.54) is 18.2 Å². The summed E-state index contributed by atoms with van der Waals surface area (Å²) in [7, 11) is -3.66. The van der Waals surface area contributed by atoms with Crippen molar-refractivity contribution in [2.45, 2.75) is 19.5 Å². The minimum absolute atomic E-state index is 0.0279. The Hall–Kier alpha value is -3.59. The lowest BCUT2D eigenvalue weighted by Gasteiger charge is -2.11. The first-order valence-electron chi connectivity index (χ1n) is 9.20. The van der Waals surface area contributed by atoms with Crippen molar-refractivity contribution >= 4 is 27.4 Å². The second-order valence-corrected chi connectivity index (χ2v) is 8.35. The van der Waals surface area contributed by atoms with Crippen molar-refractivity contribution in [1.29, 1.82) is 0 Å². The molecule has 7 nitrogen and oxygen atoms in total. The number of pyridine rings is 1. The Morgan fingerprint density at radius 2 is 1.94 bits per heavy atom. The third-order valence-corrected chi connectivity index (χ3v) is 4.33. The normalized spacial score (nSPS) is 10.9. The van der Waals surface area contributed by atoms with Gasteiger partial charge in [-0.1, -0.05) is 18.6 Å². The van der Waals surface area contributed by atoms with E-state index in [4.69, 9.17) is 12.2 Å². The van der Waals surface area contributed by atoms with Gasteiger partial charge in [-0.15, -0.1) is 6.42 Å². The molecule has 4 N–H and O–H groups in total. The fraction of sp³-hybridized carbons (Fsp3) is 0.238. The lowest BCUT2D eigenvalue weighted by atomic mass is 10.0. The summed E-state index contributed by atoms with van der Waals surface area (Å²) in [6.45, 7) is 5.80. The average molecular weight is 486 g/mol. The van der Waals surface area contributed by atoms with Crippen LogP contribution in [0, 0.1) is 18.2 Å². The van der Waals surface area contributed by atoms with Gasteiger partial charge >= 0.3 is 6.18 Å². The predicted octanol–water partition coefficient (Wildman–Crippen LogP) is 3.29. The number of hydrogen-bond donors (Lipinski definition) is 3. The predicted molar refractivity (Wildman–Crippen MR) is 118 cm³/mol. The number of rotatable bonds is 7. The molecule has 1 aromatic heterocycles. The lowest BCUT2D eigenvalue weighted by Crippen LogP contribution is -2.15. The molecule has 2 rings (SSSR count). The molecule has 0 radical (unpaired) electrons. The summed E-state index contributed by atoms with van der Waals surface area (Å²) in [5, 5.41) is 2.71. The van der Waals surface area contributed by atoms with Crippen molar-refractivity contribution in [2.75, 3.05) is 22.8 Å². The molecule has 0 spiro atoms. The Morgan fingerprint density at radius 1 is 1.30 bits per heavy atom. The number of aromatic nitrogens is 1. The maximum atomic E-state index is 13.9. The van der Waals surface area contributed by atoms with E-state index in [9.17, 15) is 30.8 Å². The lowest BCUT2D eigenvalue weighted by molar-refractivity contribution is -0.141. The van der Waals surface area contributed by atoms with E-state index in [2.05, 4.69) is 22.8 Å². The molecule has 0 saturated carbocycles. The summed E-state index contributed by atoms with van der Waals surface area (Å²) in [5.74, 6) is 0.899. The quantitative estimate of drug-likeness (QED) is 0.316. The van der Waals surface area contributed by atoms with Gasteiger partial charge in [-0.3, -0.25) is 9.52 Å². The minimum atomic E-state index is -4.37. The fourth-order valence-corrected chi connectivity index (χ4v) is 2.95. The number of anilines is 2. The number of alkyl halides is 3. The van der Waals surface area contributed by atoms with Gasteiger partial charge in [0.25, 0.3) is 0 Å². The highest BCUT2D eigenvalue weighted by Crippen LogP contribution is 2.28. The number of benzene rings is 1. The molecule has 0 bridgehead atoms. The molecular weight excluding hydrogens is 464 g/mol. The first-order valence-corrected chi connectivity index (χ1v) is 11.1. The number of carbonyl (C=O) groups excluding carboxylic acids is 1. The average Bonchev–Trinajstić information content (AvgIpc) is 2.69. The molecule has 1 aromatic carbocycles. The monoisotopic (exact) mass is 486 g/mol. The second kappa shape index (κ2) is 11.3. The molecule has 33 heavy (non-hydrogen) atoms. The number of amides is 1. The van der Waals surface area contributed by atoms with E-state index >= 15 is 0 Å². The van der Waals surface area contributed by atoms with Gasteiger partial charge in [0, 0.05) is 18.5 Å². The van der Waals surface area contributed by atoms with E-state index in [0.717, 1.165) is 18.4 Å². The van der Waals surface area contributed by atoms with Gasteiger partial charge < -0.3 is 11.1 Å². The fourth-order valence-electron chi connectivity index (χ4n) is 2.37. The summed E-state index contributed by atoms with van der Waals surface area (Å²) in [6.07, 6.45) is 1.78. The van der Waals surface area contributed by atoms with Gasteiger partial charge in [0.15, 0.2) is 0 Å². The van der Waals surface area contributed by atoms with Crippen LogP contribution in [0.2, 0.25) is 0 Å². The van der Waals surface area contributed by atoms with Gasteiger partial charge in [0.1, 0.15) is 17.3 Å². The van der Waals surface area contributed by atoms with Crippen LogP contribution in [0.5, 0.6) is 0 Å². The summed E-state index contributed by atoms with van der Waals surface area (Å²) in [5.41, 5.74) is 4.37. The number of primary amides is 1. The number of terminal acetylenes is 1. The molecular formula is C21H22F4N4O3S. The maximum absolute atomic E-state index is 13.9. The van der Waals surface area contributed by atoms with Crippen molar-refractivity contribution in [2.24, 2.45) is 5.73 Å². The number of halogens is 4. The SMILES string of the molecule is C#Cc1cc(CC(=C)C(N)=O)cc(F)c1NS(C)(=O)=O.CCNc1cccc(C(F)(F)F)n1. The number of hydrogen-bond acceptors (Lipinski definition) is 5. The first kappa shape index (κ1) is 27.4. The molecule has 0 unspecified atom stereocenters. The topological polar surface area (TPSA) is 114 Å². The van der Waals surface area contributed by atoms with Gasteiger partial charge in [0.05, 0.1) is 17.5 Å². The van der Waals surface area contributed by atoms with Crippen LogP contribution >= 0.6 is 0 Å². The highest BCUT2D eigenvalue weighted by atomic mass is 32.2. The maximum Gasteiger partial charge on any atom is 0.433 e. The molecule has 0 aliphatic rings. The van der Waals surface area contributed by atoms with Gasteiger partial charge in [-0.25, -0.2) is 17.8 Å². The molecule has 0 aliphatic heterocycles. The molecule has 0 aliphatic carbocycles. The van der Waals surface area contributed by atoms with Crippen LogP contribution in [0.1, 0.15) is 23.7 Å². The molecule has 1 amide bonds.